The van der Waals surface area contributed by atoms with Crippen molar-refractivity contribution < 1.29 is 17.9 Å². The average Bonchev–Trinajstić information content (AvgIpc) is 2.70. The zero-order valence-corrected chi connectivity index (χ0v) is 18.9. The second-order valence-corrected chi connectivity index (χ2v) is 9.29. The number of sulfonamides is 1. The van der Waals surface area contributed by atoms with E-state index in [1.807, 2.05) is 38.1 Å². The van der Waals surface area contributed by atoms with Crippen molar-refractivity contribution in [3.8, 4) is 5.75 Å². The number of aryl methyl sites for hydroxylation is 1. The molecule has 0 aliphatic rings. The number of nitrogens with one attached hydrogen (secondary N) is 1. The van der Waals surface area contributed by atoms with E-state index >= 15 is 0 Å². The van der Waals surface area contributed by atoms with Crippen molar-refractivity contribution in [1.29, 1.82) is 0 Å². The number of anilines is 1. The van der Waals surface area contributed by atoms with Crippen LogP contribution >= 0.6 is 11.8 Å². The number of hydrogen-bond acceptors (Lipinski definition) is 5. The van der Waals surface area contributed by atoms with Crippen LogP contribution in [0.25, 0.3) is 0 Å². The molecule has 0 bridgehead atoms. The summed E-state index contributed by atoms with van der Waals surface area (Å²) in [5.41, 5.74) is 1.32. The lowest BCUT2D eigenvalue weighted by molar-refractivity contribution is -0.113. The minimum atomic E-state index is -3.58. The first kappa shape index (κ1) is 23.3. The van der Waals surface area contributed by atoms with Gasteiger partial charge in [0.2, 0.25) is 15.9 Å². The highest BCUT2D eigenvalue weighted by atomic mass is 32.2. The second kappa shape index (κ2) is 10.7. The van der Waals surface area contributed by atoms with Gasteiger partial charge < -0.3 is 10.1 Å². The van der Waals surface area contributed by atoms with Crippen LogP contribution in [0.5, 0.6) is 5.75 Å². The van der Waals surface area contributed by atoms with E-state index in [4.69, 9.17) is 4.74 Å². The number of rotatable bonds is 10. The van der Waals surface area contributed by atoms with Crippen molar-refractivity contribution in [1.82, 2.24) is 4.31 Å². The largest absolute Gasteiger partial charge is 0.494 e. The monoisotopic (exact) mass is 436 g/mol. The Balaban J connectivity index is 2.06. The lowest BCUT2D eigenvalue weighted by Gasteiger charge is -2.19. The highest BCUT2D eigenvalue weighted by Crippen LogP contribution is 2.25. The third-order valence-corrected chi connectivity index (χ3v) is 7.39. The number of carbonyl (C=O) groups excluding carboxylic acids is 1. The standard InChI is InChI=1S/C21H28N2O4S2/c1-5-23(6-2)29(25,26)19-13-8-16(4)20(14-19)22-21(24)15-28-18-11-9-17(10-12-18)27-7-3/h8-14H,5-7,15H2,1-4H3,(H,22,24). The van der Waals surface area contributed by atoms with Crippen LogP contribution in [0, 0.1) is 6.92 Å². The fraction of sp³-hybridized carbons (Fsp3) is 0.381. The van der Waals surface area contributed by atoms with Crippen LogP contribution in [0.15, 0.2) is 52.3 Å². The van der Waals surface area contributed by atoms with Gasteiger partial charge in [0.25, 0.3) is 0 Å². The number of thioether (sulfide) groups is 1. The first-order valence-corrected chi connectivity index (χ1v) is 12.0. The molecule has 2 aromatic carbocycles. The SMILES string of the molecule is CCOc1ccc(SCC(=O)Nc2cc(S(=O)(=O)N(CC)CC)ccc2C)cc1. The molecule has 0 aliphatic heterocycles. The third-order valence-electron chi connectivity index (χ3n) is 4.33. The van der Waals surface area contributed by atoms with Crippen LogP contribution in [0.4, 0.5) is 5.69 Å². The van der Waals surface area contributed by atoms with Gasteiger partial charge in [0.1, 0.15) is 5.75 Å². The molecule has 0 saturated carbocycles. The summed E-state index contributed by atoms with van der Waals surface area (Å²) in [6, 6.07) is 12.4. The number of ether oxygens (including phenoxy) is 1. The number of hydrogen-bond donors (Lipinski definition) is 1. The minimum Gasteiger partial charge on any atom is -0.494 e. The van der Waals surface area contributed by atoms with Gasteiger partial charge in [-0.25, -0.2) is 8.42 Å². The van der Waals surface area contributed by atoms with E-state index in [0.29, 0.717) is 25.4 Å². The Morgan fingerprint density at radius 3 is 2.31 bits per heavy atom. The zero-order chi connectivity index (χ0) is 21.4. The highest BCUT2D eigenvalue weighted by molar-refractivity contribution is 8.00. The normalized spacial score (nSPS) is 11.5. The molecule has 0 heterocycles. The Kier molecular flexibility index (Phi) is 8.55. The van der Waals surface area contributed by atoms with Gasteiger partial charge in [0.15, 0.2) is 0 Å². The van der Waals surface area contributed by atoms with Gasteiger partial charge in [-0.1, -0.05) is 19.9 Å². The minimum absolute atomic E-state index is 0.182. The number of nitrogens with zero attached hydrogens (tertiary/aromatic N) is 1. The summed E-state index contributed by atoms with van der Waals surface area (Å²) in [7, 11) is -3.58. The maximum absolute atomic E-state index is 12.7. The highest BCUT2D eigenvalue weighted by Gasteiger charge is 2.22. The van der Waals surface area contributed by atoms with E-state index < -0.39 is 10.0 Å². The Morgan fingerprint density at radius 1 is 1.07 bits per heavy atom. The van der Waals surface area contributed by atoms with E-state index in [-0.39, 0.29) is 16.6 Å². The van der Waals surface area contributed by atoms with E-state index in [2.05, 4.69) is 5.32 Å². The van der Waals surface area contributed by atoms with Gasteiger partial charge in [-0.2, -0.15) is 4.31 Å². The van der Waals surface area contributed by atoms with Gasteiger partial charge in [-0.05, 0) is 55.8 Å². The molecule has 6 nitrogen and oxygen atoms in total. The van der Waals surface area contributed by atoms with Crippen molar-refractivity contribution in [3.05, 3.63) is 48.0 Å². The summed E-state index contributed by atoms with van der Waals surface area (Å²) < 4.78 is 32.3. The summed E-state index contributed by atoms with van der Waals surface area (Å²) in [5.74, 6) is 0.827. The molecular formula is C21H28N2O4S2. The molecule has 0 aromatic heterocycles. The van der Waals surface area contributed by atoms with Crippen molar-refractivity contribution in [2.45, 2.75) is 37.5 Å². The quantitative estimate of drug-likeness (QED) is 0.566. The molecule has 0 aliphatic carbocycles. The summed E-state index contributed by atoms with van der Waals surface area (Å²) in [6.45, 7) is 8.77. The van der Waals surface area contributed by atoms with E-state index in [9.17, 15) is 13.2 Å². The summed E-state index contributed by atoms with van der Waals surface area (Å²) in [5, 5.41) is 2.83. The van der Waals surface area contributed by atoms with E-state index in [1.165, 1.54) is 22.1 Å². The molecule has 1 N–H and O–H groups in total. The van der Waals surface area contributed by atoms with Crippen LogP contribution in [0.3, 0.4) is 0 Å². The molecule has 8 heteroatoms. The Bertz CT molecular complexity index is 924. The van der Waals surface area contributed by atoms with Crippen LogP contribution in [-0.2, 0) is 14.8 Å². The molecule has 2 aromatic rings. The third kappa shape index (κ3) is 6.22. The lowest BCUT2D eigenvalue weighted by Crippen LogP contribution is -2.30. The smallest absolute Gasteiger partial charge is 0.243 e. The van der Waals surface area contributed by atoms with Gasteiger partial charge in [0.05, 0.1) is 17.3 Å². The molecule has 0 unspecified atom stereocenters. The van der Waals surface area contributed by atoms with Crippen molar-refractivity contribution in [3.63, 3.8) is 0 Å². The molecule has 0 saturated heterocycles. The predicted molar refractivity (Wildman–Crippen MR) is 118 cm³/mol. The maximum atomic E-state index is 12.7. The topological polar surface area (TPSA) is 75.7 Å². The molecule has 0 atom stereocenters. The van der Waals surface area contributed by atoms with Gasteiger partial charge >= 0.3 is 0 Å². The lowest BCUT2D eigenvalue weighted by atomic mass is 10.2. The van der Waals surface area contributed by atoms with Crippen molar-refractivity contribution in [2.75, 3.05) is 30.8 Å². The molecule has 0 spiro atoms. The van der Waals surface area contributed by atoms with Gasteiger partial charge in [-0.3, -0.25) is 4.79 Å². The molecule has 158 valence electrons. The summed E-state index contributed by atoms with van der Waals surface area (Å²) in [4.78, 5) is 13.5. The molecule has 1 amide bonds. The van der Waals surface area contributed by atoms with Gasteiger partial charge in [-0.15, -0.1) is 11.8 Å². The Morgan fingerprint density at radius 2 is 1.72 bits per heavy atom. The van der Waals surface area contributed by atoms with Crippen LogP contribution in [0.2, 0.25) is 0 Å². The zero-order valence-electron chi connectivity index (χ0n) is 17.3. The molecule has 0 radical (unpaired) electrons. The molecular weight excluding hydrogens is 408 g/mol. The first-order valence-electron chi connectivity index (χ1n) is 9.58. The predicted octanol–water partition coefficient (Wildman–Crippen LogP) is 4.16. The molecule has 2 rings (SSSR count). The first-order chi connectivity index (χ1) is 13.8. The van der Waals surface area contributed by atoms with Crippen molar-refractivity contribution in [2.24, 2.45) is 0 Å². The number of amides is 1. The number of benzene rings is 2. The van der Waals surface area contributed by atoms with E-state index in [0.717, 1.165) is 16.2 Å². The Labute approximate surface area is 177 Å². The summed E-state index contributed by atoms with van der Waals surface area (Å²) >= 11 is 1.41. The average molecular weight is 437 g/mol. The fourth-order valence-electron chi connectivity index (χ4n) is 2.74. The second-order valence-electron chi connectivity index (χ2n) is 6.31. The fourth-order valence-corrected chi connectivity index (χ4v) is 4.93. The van der Waals surface area contributed by atoms with Crippen molar-refractivity contribution >= 4 is 33.4 Å². The Hall–Kier alpha value is -2.03. The van der Waals surface area contributed by atoms with E-state index in [1.54, 1.807) is 26.0 Å². The van der Waals surface area contributed by atoms with Gasteiger partial charge in [0, 0.05) is 23.7 Å². The molecule has 29 heavy (non-hydrogen) atoms. The maximum Gasteiger partial charge on any atom is 0.243 e. The summed E-state index contributed by atoms with van der Waals surface area (Å²) in [6.07, 6.45) is 0. The number of carbonyl (C=O) groups is 1. The van der Waals surface area contributed by atoms with Crippen LogP contribution < -0.4 is 10.1 Å². The van der Waals surface area contributed by atoms with Crippen LogP contribution in [0.1, 0.15) is 26.3 Å². The van der Waals surface area contributed by atoms with Crippen LogP contribution in [-0.4, -0.2) is 44.1 Å². The molecule has 0 fully saturated rings.